The number of amides is 1. The maximum atomic E-state index is 10.4. The molecular formula is C10H16N2O3S2. The van der Waals surface area contributed by atoms with Gasteiger partial charge in [0.15, 0.2) is 0 Å². The molecule has 7 heteroatoms. The number of aliphatic hydroxyl groups excluding tert-OH is 2. The zero-order chi connectivity index (χ0) is 12.9. The van der Waals surface area contributed by atoms with E-state index in [1.165, 1.54) is 0 Å². The van der Waals surface area contributed by atoms with Crippen molar-refractivity contribution in [2.75, 3.05) is 19.0 Å². The van der Waals surface area contributed by atoms with Crippen molar-refractivity contribution in [2.24, 2.45) is 5.73 Å². The van der Waals surface area contributed by atoms with E-state index in [9.17, 15) is 4.79 Å². The van der Waals surface area contributed by atoms with E-state index in [0.717, 1.165) is 10.8 Å². The van der Waals surface area contributed by atoms with Crippen molar-refractivity contribution in [1.82, 2.24) is 4.98 Å². The van der Waals surface area contributed by atoms with Crippen LogP contribution in [0.2, 0.25) is 0 Å². The van der Waals surface area contributed by atoms with Gasteiger partial charge in [0, 0.05) is 18.4 Å². The molecule has 1 aromatic rings. The summed E-state index contributed by atoms with van der Waals surface area (Å²) in [5.41, 5.74) is 4.99. The van der Waals surface area contributed by atoms with Crippen molar-refractivity contribution in [1.29, 1.82) is 0 Å². The van der Waals surface area contributed by atoms with E-state index >= 15 is 0 Å². The largest absolute Gasteiger partial charge is 0.394 e. The average molecular weight is 276 g/mol. The van der Waals surface area contributed by atoms with E-state index in [4.69, 9.17) is 15.9 Å². The van der Waals surface area contributed by atoms with Gasteiger partial charge in [-0.25, -0.2) is 4.98 Å². The van der Waals surface area contributed by atoms with Crippen LogP contribution >= 0.6 is 21.6 Å². The van der Waals surface area contributed by atoms with Crippen LogP contribution in [0.15, 0.2) is 29.4 Å². The molecule has 0 atom stereocenters. The number of aliphatic hydroxyl groups is 2. The van der Waals surface area contributed by atoms with Crippen LogP contribution < -0.4 is 5.73 Å². The van der Waals surface area contributed by atoms with Crippen LogP contribution in [0.5, 0.6) is 0 Å². The Labute approximate surface area is 108 Å². The van der Waals surface area contributed by atoms with Crippen LogP contribution in [0.1, 0.15) is 6.42 Å². The van der Waals surface area contributed by atoms with Gasteiger partial charge in [-0.05, 0) is 22.9 Å². The quantitative estimate of drug-likeness (QED) is 0.522. The Kier molecular flexibility index (Phi) is 11.2. The van der Waals surface area contributed by atoms with Gasteiger partial charge in [-0.1, -0.05) is 16.9 Å². The highest BCUT2D eigenvalue weighted by atomic mass is 33.1. The zero-order valence-corrected chi connectivity index (χ0v) is 10.9. The molecule has 0 aliphatic carbocycles. The van der Waals surface area contributed by atoms with Gasteiger partial charge < -0.3 is 15.9 Å². The molecule has 96 valence electrons. The number of primary amides is 1. The van der Waals surface area contributed by atoms with Crippen molar-refractivity contribution >= 4 is 27.5 Å². The second-order valence-corrected chi connectivity index (χ2v) is 5.17. The highest BCUT2D eigenvalue weighted by molar-refractivity contribution is 8.76. The summed E-state index contributed by atoms with van der Waals surface area (Å²) in [5, 5.41) is 16.2. The van der Waals surface area contributed by atoms with E-state index in [2.05, 4.69) is 4.98 Å². The fourth-order valence-electron chi connectivity index (χ4n) is 0.641. The van der Waals surface area contributed by atoms with E-state index in [-0.39, 0.29) is 19.1 Å². The first-order valence-electron chi connectivity index (χ1n) is 4.91. The first-order valence-corrected chi connectivity index (χ1v) is 7.23. The predicted molar refractivity (Wildman–Crippen MR) is 70.5 cm³/mol. The zero-order valence-electron chi connectivity index (χ0n) is 9.28. The average Bonchev–Trinajstić information content (AvgIpc) is 2.36. The van der Waals surface area contributed by atoms with E-state index in [0.29, 0.717) is 6.42 Å². The molecule has 4 N–H and O–H groups in total. The van der Waals surface area contributed by atoms with E-state index in [1.54, 1.807) is 27.8 Å². The second-order valence-electron chi connectivity index (χ2n) is 2.74. The molecular weight excluding hydrogens is 260 g/mol. The summed E-state index contributed by atoms with van der Waals surface area (Å²) in [6.45, 7) is -0.250. The van der Waals surface area contributed by atoms with Gasteiger partial charge in [0.1, 0.15) is 5.03 Å². The lowest BCUT2D eigenvalue weighted by atomic mass is 10.5. The minimum atomic E-state index is -0.255. The highest BCUT2D eigenvalue weighted by Crippen LogP contribution is 2.28. The number of hydrogen-bond acceptors (Lipinski definition) is 6. The third kappa shape index (κ3) is 11.5. The number of aromatic nitrogens is 1. The van der Waals surface area contributed by atoms with Gasteiger partial charge in [0.2, 0.25) is 5.91 Å². The van der Waals surface area contributed by atoms with Gasteiger partial charge in [-0.15, -0.1) is 0 Å². The fourth-order valence-corrected chi connectivity index (χ4v) is 2.53. The number of nitrogens with two attached hydrogens (primary N) is 1. The van der Waals surface area contributed by atoms with Crippen molar-refractivity contribution in [3.05, 3.63) is 24.4 Å². The van der Waals surface area contributed by atoms with E-state index in [1.807, 2.05) is 18.2 Å². The van der Waals surface area contributed by atoms with Crippen LogP contribution in [0.4, 0.5) is 0 Å². The molecule has 0 saturated heterocycles. The standard InChI is InChI=1S/C8H10N2OS2.C2H6O2/c9-7(11)4-6-12-13-8-3-1-2-5-10-8;3-1-2-4/h1-3,5H,4,6H2,(H2,9,11);3-4H,1-2H2. The van der Waals surface area contributed by atoms with Gasteiger partial charge >= 0.3 is 0 Å². The molecule has 1 aromatic heterocycles. The molecule has 0 aliphatic heterocycles. The van der Waals surface area contributed by atoms with Crippen molar-refractivity contribution in [3.63, 3.8) is 0 Å². The molecule has 1 amide bonds. The number of hydrogen-bond donors (Lipinski definition) is 3. The summed E-state index contributed by atoms with van der Waals surface area (Å²) >= 11 is 0. The predicted octanol–water partition coefficient (Wildman–Crippen LogP) is 0.668. The molecule has 17 heavy (non-hydrogen) atoms. The van der Waals surface area contributed by atoms with Crippen LogP contribution in [-0.4, -0.2) is 40.1 Å². The number of carbonyl (C=O) groups is 1. The number of pyridine rings is 1. The molecule has 1 heterocycles. The lowest BCUT2D eigenvalue weighted by molar-refractivity contribution is -0.117. The van der Waals surface area contributed by atoms with Gasteiger partial charge in [-0.2, -0.15) is 0 Å². The Hall–Kier alpha value is -0.760. The molecule has 0 saturated carbocycles. The summed E-state index contributed by atoms with van der Waals surface area (Å²) in [5.74, 6) is 0.477. The SMILES string of the molecule is NC(=O)CCSSc1ccccn1.OCCO. The minimum absolute atomic E-state index is 0.125. The summed E-state index contributed by atoms with van der Waals surface area (Å²) < 4.78 is 0. The van der Waals surface area contributed by atoms with Gasteiger partial charge in [-0.3, -0.25) is 4.79 Å². The molecule has 5 nitrogen and oxygen atoms in total. The third-order valence-electron chi connectivity index (χ3n) is 1.31. The van der Waals surface area contributed by atoms with Crippen LogP contribution in [0, 0.1) is 0 Å². The minimum Gasteiger partial charge on any atom is -0.394 e. The Morgan fingerprint density at radius 3 is 2.53 bits per heavy atom. The molecule has 0 radical (unpaired) electrons. The monoisotopic (exact) mass is 276 g/mol. The van der Waals surface area contributed by atoms with Crippen LogP contribution in [-0.2, 0) is 4.79 Å². The number of nitrogens with zero attached hydrogens (tertiary/aromatic N) is 1. The molecule has 0 bridgehead atoms. The van der Waals surface area contributed by atoms with Crippen LogP contribution in [0.25, 0.3) is 0 Å². The number of carbonyl (C=O) groups excluding carboxylic acids is 1. The maximum absolute atomic E-state index is 10.4. The fraction of sp³-hybridized carbons (Fsp3) is 0.400. The van der Waals surface area contributed by atoms with Crippen molar-refractivity contribution < 1.29 is 15.0 Å². The third-order valence-corrected chi connectivity index (χ3v) is 3.58. The Morgan fingerprint density at radius 2 is 2.06 bits per heavy atom. The lowest BCUT2D eigenvalue weighted by Crippen LogP contribution is -2.10. The molecule has 0 aromatic carbocycles. The van der Waals surface area contributed by atoms with Crippen molar-refractivity contribution in [2.45, 2.75) is 11.4 Å². The lowest BCUT2D eigenvalue weighted by Gasteiger charge is -1.97. The van der Waals surface area contributed by atoms with Crippen molar-refractivity contribution in [3.8, 4) is 0 Å². The van der Waals surface area contributed by atoms with Crippen LogP contribution in [0.3, 0.4) is 0 Å². The Balaban J connectivity index is 0.000000557. The Morgan fingerprint density at radius 1 is 1.35 bits per heavy atom. The van der Waals surface area contributed by atoms with Gasteiger partial charge in [0.05, 0.1) is 13.2 Å². The second kappa shape index (κ2) is 11.7. The molecule has 0 unspecified atom stereocenters. The smallest absolute Gasteiger partial charge is 0.218 e. The topological polar surface area (TPSA) is 96.4 Å². The van der Waals surface area contributed by atoms with E-state index < -0.39 is 0 Å². The first-order chi connectivity index (χ1) is 8.20. The number of rotatable bonds is 6. The summed E-state index contributed by atoms with van der Waals surface area (Å²) in [4.78, 5) is 14.5. The highest BCUT2D eigenvalue weighted by Gasteiger charge is 1.97. The summed E-state index contributed by atoms with van der Waals surface area (Å²) in [6.07, 6.45) is 2.17. The summed E-state index contributed by atoms with van der Waals surface area (Å²) in [6, 6.07) is 5.74. The maximum Gasteiger partial charge on any atom is 0.218 e. The molecule has 1 rings (SSSR count). The first kappa shape index (κ1) is 16.2. The molecule has 0 spiro atoms. The molecule has 0 fully saturated rings. The normalized spacial score (nSPS) is 9.29. The Bertz CT molecular complexity index is 297. The summed E-state index contributed by atoms with van der Waals surface area (Å²) in [7, 11) is 3.15. The van der Waals surface area contributed by atoms with Gasteiger partial charge in [0.25, 0.3) is 0 Å². The molecule has 0 aliphatic rings.